The van der Waals surface area contributed by atoms with Crippen molar-refractivity contribution in [3.63, 3.8) is 0 Å². The Morgan fingerprint density at radius 2 is 1.90 bits per heavy atom. The van der Waals surface area contributed by atoms with E-state index in [0.29, 0.717) is 13.0 Å². The van der Waals surface area contributed by atoms with Gasteiger partial charge < -0.3 is 10.0 Å². The first kappa shape index (κ1) is 15.0. The van der Waals surface area contributed by atoms with Crippen LogP contribution < -0.4 is 0 Å². The number of amides is 1. The highest BCUT2D eigenvalue weighted by Crippen LogP contribution is 2.38. The third-order valence-corrected chi connectivity index (χ3v) is 3.99. The monoisotopic (exact) mass is 305 g/mol. The Morgan fingerprint density at radius 1 is 1.25 bits per heavy atom. The molecular formula is C13H14F3NO2S. The number of thioether (sulfide) groups is 1. The maximum atomic E-state index is 12.2. The summed E-state index contributed by atoms with van der Waals surface area (Å²) in [4.78, 5) is 12.6. The number of carboxylic acid groups (broad SMARTS) is 1. The van der Waals surface area contributed by atoms with Crippen molar-refractivity contribution in [3.05, 3.63) is 29.8 Å². The van der Waals surface area contributed by atoms with Crippen molar-refractivity contribution in [1.82, 2.24) is 4.90 Å². The maximum Gasteiger partial charge on any atom is 0.446 e. The molecule has 7 heteroatoms. The van der Waals surface area contributed by atoms with Crippen LogP contribution in [0.4, 0.5) is 18.0 Å². The van der Waals surface area contributed by atoms with Gasteiger partial charge in [-0.3, -0.25) is 0 Å². The van der Waals surface area contributed by atoms with E-state index in [0.717, 1.165) is 18.4 Å². The summed E-state index contributed by atoms with van der Waals surface area (Å²) in [5.74, 6) is 0. The van der Waals surface area contributed by atoms with Gasteiger partial charge in [0.05, 0.1) is 6.04 Å². The van der Waals surface area contributed by atoms with Crippen molar-refractivity contribution >= 4 is 17.9 Å². The summed E-state index contributed by atoms with van der Waals surface area (Å²) in [6.07, 6.45) is 1.47. The molecule has 0 saturated carbocycles. The molecule has 1 aliphatic rings. The van der Waals surface area contributed by atoms with Gasteiger partial charge in [-0.15, -0.1) is 0 Å². The average Bonchev–Trinajstić information content (AvgIpc) is 2.38. The zero-order valence-corrected chi connectivity index (χ0v) is 11.4. The minimum atomic E-state index is -4.31. The first-order valence-corrected chi connectivity index (χ1v) is 7.04. The van der Waals surface area contributed by atoms with Gasteiger partial charge in [0, 0.05) is 11.4 Å². The van der Waals surface area contributed by atoms with Gasteiger partial charge in [-0.05, 0) is 48.7 Å². The number of rotatable bonds is 2. The summed E-state index contributed by atoms with van der Waals surface area (Å²) >= 11 is -0.167. The molecule has 0 spiro atoms. The molecule has 3 nitrogen and oxygen atoms in total. The minimum Gasteiger partial charge on any atom is -0.465 e. The van der Waals surface area contributed by atoms with Gasteiger partial charge in [0.25, 0.3) is 0 Å². The van der Waals surface area contributed by atoms with Crippen molar-refractivity contribution in [3.8, 4) is 0 Å². The second-order valence-electron chi connectivity index (χ2n) is 4.60. The van der Waals surface area contributed by atoms with Gasteiger partial charge in [-0.2, -0.15) is 13.2 Å². The lowest BCUT2D eigenvalue weighted by molar-refractivity contribution is -0.0328. The van der Waals surface area contributed by atoms with E-state index in [1.54, 1.807) is 12.1 Å². The summed E-state index contributed by atoms with van der Waals surface area (Å²) < 4.78 is 36.7. The molecule has 1 aromatic carbocycles. The van der Waals surface area contributed by atoms with Crippen LogP contribution in [0.1, 0.15) is 30.9 Å². The number of likely N-dealkylation sites (tertiary alicyclic amines) is 1. The quantitative estimate of drug-likeness (QED) is 0.818. The molecule has 1 aromatic rings. The van der Waals surface area contributed by atoms with E-state index in [2.05, 4.69) is 0 Å². The molecule has 110 valence electrons. The molecular weight excluding hydrogens is 291 g/mol. The molecule has 0 aromatic heterocycles. The fourth-order valence-electron chi connectivity index (χ4n) is 2.40. The smallest absolute Gasteiger partial charge is 0.446 e. The predicted octanol–water partition coefficient (Wildman–Crippen LogP) is 4.50. The molecule has 1 atom stereocenters. The largest absolute Gasteiger partial charge is 0.465 e. The van der Waals surface area contributed by atoms with Crippen molar-refractivity contribution in [1.29, 1.82) is 0 Å². The van der Waals surface area contributed by atoms with E-state index in [1.807, 2.05) is 0 Å². The van der Waals surface area contributed by atoms with E-state index < -0.39 is 11.6 Å². The SMILES string of the molecule is O=C(O)N1CCCCC1c1ccc(SC(F)(F)F)cc1. The van der Waals surface area contributed by atoms with Gasteiger partial charge in [0.1, 0.15) is 0 Å². The Bertz CT molecular complexity index is 475. The summed E-state index contributed by atoms with van der Waals surface area (Å²) in [5.41, 5.74) is -3.56. The molecule has 0 bridgehead atoms. The molecule has 1 N–H and O–H groups in total. The molecule has 20 heavy (non-hydrogen) atoms. The Hall–Kier alpha value is -1.37. The Labute approximate surface area is 118 Å². The number of hydrogen-bond acceptors (Lipinski definition) is 2. The van der Waals surface area contributed by atoms with E-state index >= 15 is 0 Å². The third-order valence-electron chi connectivity index (χ3n) is 3.25. The minimum absolute atomic E-state index is 0.110. The fourth-order valence-corrected chi connectivity index (χ4v) is 2.94. The number of piperidine rings is 1. The molecule has 0 radical (unpaired) electrons. The molecule has 1 amide bonds. The fraction of sp³-hybridized carbons (Fsp3) is 0.462. The maximum absolute atomic E-state index is 12.2. The van der Waals surface area contributed by atoms with Gasteiger partial charge >= 0.3 is 11.6 Å². The average molecular weight is 305 g/mol. The molecule has 1 saturated heterocycles. The predicted molar refractivity (Wildman–Crippen MR) is 69.7 cm³/mol. The lowest BCUT2D eigenvalue weighted by atomic mass is 9.96. The Balaban J connectivity index is 2.14. The van der Waals surface area contributed by atoms with E-state index in [9.17, 15) is 18.0 Å². The van der Waals surface area contributed by atoms with Gasteiger partial charge in [-0.25, -0.2) is 4.79 Å². The van der Waals surface area contributed by atoms with Gasteiger partial charge in [0.2, 0.25) is 0 Å². The zero-order valence-electron chi connectivity index (χ0n) is 10.6. The molecule has 1 aliphatic heterocycles. The van der Waals surface area contributed by atoms with E-state index in [4.69, 9.17) is 5.11 Å². The van der Waals surface area contributed by atoms with Crippen LogP contribution in [-0.2, 0) is 0 Å². The van der Waals surface area contributed by atoms with Gasteiger partial charge in [-0.1, -0.05) is 12.1 Å². The van der Waals surface area contributed by atoms with Crippen LogP contribution in [0, 0.1) is 0 Å². The lowest BCUT2D eigenvalue weighted by Gasteiger charge is -2.33. The van der Waals surface area contributed by atoms with Gasteiger partial charge in [0.15, 0.2) is 0 Å². The Kier molecular flexibility index (Phi) is 4.47. The molecule has 0 aliphatic carbocycles. The highest BCUT2D eigenvalue weighted by Gasteiger charge is 2.30. The van der Waals surface area contributed by atoms with Crippen molar-refractivity contribution < 1.29 is 23.1 Å². The first-order chi connectivity index (χ1) is 9.37. The third kappa shape index (κ3) is 3.82. The van der Waals surface area contributed by atoms with E-state index in [1.165, 1.54) is 17.0 Å². The molecule has 2 rings (SSSR count). The van der Waals surface area contributed by atoms with Crippen molar-refractivity contribution in [2.45, 2.75) is 35.7 Å². The van der Waals surface area contributed by atoms with Crippen LogP contribution in [0.25, 0.3) is 0 Å². The first-order valence-electron chi connectivity index (χ1n) is 6.22. The lowest BCUT2D eigenvalue weighted by Crippen LogP contribution is -2.37. The number of halogens is 3. The zero-order chi connectivity index (χ0) is 14.8. The number of hydrogen-bond donors (Lipinski definition) is 1. The summed E-state index contributed by atoms with van der Waals surface area (Å²) in [5, 5.41) is 9.15. The van der Waals surface area contributed by atoms with Crippen LogP contribution in [0.15, 0.2) is 29.2 Å². The summed E-state index contributed by atoms with van der Waals surface area (Å²) in [6.45, 7) is 0.471. The topological polar surface area (TPSA) is 40.5 Å². The van der Waals surface area contributed by atoms with Crippen LogP contribution in [0.5, 0.6) is 0 Å². The normalized spacial score (nSPS) is 19.9. The number of carbonyl (C=O) groups is 1. The second-order valence-corrected chi connectivity index (χ2v) is 5.74. The number of nitrogens with zero attached hydrogens (tertiary/aromatic N) is 1. The van der Waals surface area contributed by atoms with E-state index in [-0.39, 0.29) is 22.7 Å². The second kappa shape index (κ2) is 5.95. The van der Waals surface area contributed by atoms with Crippen LogP contribution in [0.2, 0.25) is 0 Å². The number of benzene rings is 1. The van der Waals surface area contributed by atoms with Crippen molar-refractivity contribution in [2.24, 2.45) is 0 Å². The van der Waals surface area contributed by atoms with Crippen LogP contribution >= 0.6 is 11.8 Å². The van der Waals surface area contributed by atoms with Crippen LogP contribution in [-0.4, -0.2) is 28.2 Å². The molecule has 1 unspecified atom stereocenters. The summed E-state index contributed by atoms with van der Waals surface area (Å²) in [6, 6.07) is 5.69. The Morgan fingerprint density at radius 3 is 2.45 bits per heavy atom. The molecule has 1 fully saturated rings. The number of alkyl halides is 3. The summed E-state index contributed by atoms with van der Waals surface area (Å²) in [7, 11) is 0. The highest BCUT2D eigenvalue weighted by atomic mass is 32.2. The highest BCUT2D eigenvalue weighted by molar-refractivity contribution is 8.00. The standard InChI is InChI=1S/C13H14F3NO2S/c14-13(15,16)20-10-6-4-9(5-7-10)11-3-1-2-8-17(11)12(18)19/h4-7,11H,1-3,8H2,(H,18,19). The van der Waals surface area contributed by atoms with Crippen molar-refractivity contribution in [2.75, 3.05) is 6.54 Å². The van der Waals surface area contributed by atoms with Crippen LogP contribution in [0.3, 0.4) is 0 Å². The molecule has 1 heterocycles.